The Bertz CT molecular complexity index is 489. The number of aliphatic imine (C=N–C) groups is 1. The summed E-state index contributed by atoms with van der Waals surface area (Å²) in [6, 6.07) is 2.12. The van der Waals surface area contributed by atoms with Crippen LogP contribution in [0.2, 0.25) is 0 Å². The summed E-state index contributed by atoms with van der Waals surface area (Å²) in [5.74, 6) is 1.43. The van der Waals surface area contributed by atoms with Crippen molar-refractivity contribution in [2.45, 2.75) is 40.2 Å². The number of nitrogens with zero attached hydrogens (tertiary/aromatic N) is 4. The molecule has 1 unspecified atom stereocenters. The van der Waals surface area contributed by atoms with E-state index in [1.807, 2.05) is 20.0 Å². The molecule has 0 fully saturated rings. The highest BCUT2D eigenvalue weighted by molar-refractivity contribution is 5.79. The van der Waals surface area contributed by atoms with E-state index in [4.69, 9.17) is 0 Å². The van der Waals surface area contributed by atoms with Crippen LogP contribution in [0.1, 0.15) is 31.2 Å². The molecule has 0 radical (unpaired) electrons. The first-order valence-corrected chi connectivity index (χ1v) is 8.01. The van der Waals surface area contributed by atoms with E-state index < -0.39 is 0 Å². The molecule has 0 bridgehead atoms. The predicted octanol–water partition coefficient (Wildman–Crippen LogP) is 2.61. The Labute approximate surface area is 135 Å². The van der Waals surface area contributed by atoms with Gasteiger partial charge in [-0.3, -0.25) is 9.67 Å². The molecule has 0 saturated heterocycles. The van der Waals surface area contributed by atoms with Crippen LogP contribution in [-0.2, 0) is 6.54 Å². The Morgan fingerprint density at radius 2 is 2.27 bits per heavy atom. The van der Waals surface area contributed by atoms with Crippen LogP contribution in [0.4, 0.5) is 0 Å². The zero-order valence-electron chi connectivity index (χ0n) is 14.8. The molecule has 0 amide bonds. The van der Waals surface area contributed by atoms with Crippen LogP contribution in [0.3, 0.4) is 0 Å². The van der Waals surface area contributed by atoms with Gasteiger partial charge in [0.15, 0.2) is 5.96 Å². The summed E-state index contributed by atoms with van der Waals surface area (Å²) in [5, 5.41) is 7.97. The van der Waals surface area contributed by atoms with Gasteiger partial charge in [-0.05, 0) is 38.7 Å². The molecule has 0 aliphatic carbocycles. The number of aryl methyl sites for hydroxylation is 2. The molecule has 1 atom stereocenters. The molecule has 0 aromatic carbocycles. The van der Waals surface area contributed by atoms with E-state index in [9.17, 15) is 0 Å². The summed E-state index contributed by atoms with van der Waals surface area (Å²) in [6.07, 6.45) is 4.10. The van der Waals surface area contributed by atoms with Gasteiger partial charge >= 0.3 is 0 Å². The number of aromatic nitrogens is 2. The lowest BCUT2D eigenvalue weighted by Gasteiger charge is -2.23. The number of allylic oxidation sites excluding steroid dienone is 1. The molecule has 0 saturated carbocycles. The molecular formula is C17H31N5. The van der Waals surface area contributed by atoms with E-state index in [1.165, 1.54) is 5.69 Å². The first-order chi connectivity index (χ1) is 10.5. The molecular weight excluding hydrogens is 274 g/mol. The van der Waals surface area contributed by atoms with Crippen molar-refractivity contribution < 1.29 is 0 Å². The van der Waals surface area contributed by atoms with Crippen LogP contribution in [0.25, 0.3) is 0 Å². The second-order valence-electron chi connectivity index (χ2n) is 5.99. The highest BCUT2D eigenvalue weighted by Crippen LogP contribution is 2.06. The van der Waals surface area contributed by atoms with Crippen LogP contribution < -0.4 is 5.32 Å². The van der Waals surface area contributed by atoms with Crippen LogP contribution in [0.5, 0.6) is 0 Å². The Hall–Kier alpha value is -1.78. The average Bonchev–Trinajstić information content (AvgIpc) is 2.77. The first kappa shape index (κ1) is 18.3. The van der Waals surface area contributed by atoms with E-state index in [0.29, 0.717) is 5.92 Å². The molecule has 1 aromatic heterocycles. The van der Waals surface area contributed by atoms with Gasteiger partial charge in [0, 0.05) is 39.4 Å². The normalized spacial score (nSPS) is 13.0. The number of hydrogen-bond donors (Lipinski definition) is 1. The molecule has 124 valence electrons. The number of hydrogen-bond acceptors (Lipinski definition) is 2. The van der Waals surface area contributed by atoms with E-state index in [0.717, 1.165) is 44.1 Å². The van der Waals surface area contributed by atoms with E-state index in [1.54, 1.807) is 0 Å². The van der Waals surface area contributed by atoms with E-state index in [2.05, 4.69) is 58.5 Å². The van der Waals surface area contributed by atoms with Gasteiger partial charge in [-0.2, -0.15) is 5.10 Å². The van der Waals surface area contributed by atoms with Crippen molar-refractivity contribution in [3.8, 4) is 0 Å². The number of unbranched alkanes of at least 4 members (excludes halogenated alkanes) is 1. The number of guanidine groups is 1. The third-order valence-corrected chi connectivity index (χ3v) is 3.67. The largest absolute Gasteiger partial charge is 0.356 e. The fourth-order valence-corrected chi connectivity index (χ4v) is 2.45. The average molecular weight is 305 g/mol. The minimum absolute atomic E-state index is 0.483. The zero-order valence-corrected chi connectivity index (χ0v) is 14.8. The molecule has 5 heteroatoms. The monoisotopic (exact) mass is 305 g/mol. The SMILES string of the molecule is C=CCCCN(C)C(=NC)NCC(C)Cn1nc(C)cc1C. The van der Waals surface area contributed by atoms with Gasteiger partial charge < -0.3 is 10.2 Å². The van der Waals surface area contributed by atoms with E-state index >= 15 is 0 Å². The van der Waals surface area contributed by atoms with Crippen molar-refractivity contribution in [2.75, 3.05) is 27.2 Å². The predicted molar refractivity (Wildman–Crippen MR) is 94.3 cm³/mol. The molecule has 1 aromatic rings. The van der Waals surface area contributed by atoms with E-state index in [-0.39, 0.29) is 0 Å². The van der Waals surface area contributed by atoms with Crippen LogP contribution >= 0.6 is 0 Å². The number of nitrogens with one attached hydrogen (secondary N) is 1. The van der Waals surface area contributed by atoms with Gasteiger partial charge in [-0.1, -0.05) is 13.0 Å². The maximum Gasteiger partial charge on any atom is 0.193 e. The zero-order chi connectivity index (χ0) is 16.5. The van der Waals surface area contributed by atoms with Crippen molar-refractivity contribution >= 4 is 5.96 Å². The summed E-state index contributed by atoms with van der Waals surface area (Å²) >= 11 is 0. The smallest absolute Gasteiger partial charge is 0.193 e. The minimum atomic E-state index is 0.483. The topological polar surface area (TPSA) is 45.5 Å². The summed E-state index contributed by atoms with van der Waals surface area (Å²) in [4.78, 5) is 6.52. The van der Waals surface area contributed by atoms with Crippen molar-refractivity contribution in [1.82, 2.24) is 20.0 Å². The van der Waals surface area contributed by atoms with Gasteiger partial charge in [0.1, 0.15) is 0 Å². The standard InChI is InChI=1S/C17H31N5/c1-7-8-9-10-21(6)17(18-5)19-12-14(2)13-22-16(4)11-15(3)20-22/h7,11,14H,1,8-10,12-13H2,2-6H3,(H,18,19). The number of rotatable bonds is 8. The van der Waals surface area contributed by atoms with Gasteiger partial charge in [-0.15, -0.1) is 6.58 Å². The highest BCUT2D eigenvalue weighted by atomic mass is 15.3. The molecule has 1 heterocycles. The van der Waals surface area contributed by atoms with Crippen LogP contribution in [0.15, 0.2) is 23.7 Å². The fraction of sp³-hybridized carbons (Fsp3) is 0.647. The Morgan fingerprint density at radius 3 is 2.82 bits per heavy atom. The second kappa shape index (κ2) is 9.28. The summed E-state index contributed by atoms with van der Waals surface area (Å²) in [7, 11) is 3.90. The van der Waals surface area contributed by atoms with Gasteiger partial charge in [0.2, 0.25) is 0 Å². The third-order valence-electron chi connectivity index (χ3n) is 3.67. The second-order valence-corrected chi connectivity index (χ2v) is 5.99. The van der Waals surface area contributed by atoms with Crippen LogP contribution in [0, 0.1) is 19.8 Å². The van der Waals surface area contributed by atoms with Crippen molar-refractivity contribution in [3.63, 3.8) is 0 Å². The first-order valence-electron chi connectivity index (χ1n) is 8.01. The van der Waals surface area contributed by atoms with Gasteiger partial charge in [0.25, 0.3) is 0 Å². The summed E-state index contributed by atoms with van der Waals surface area (Å²) in [6.45, 7) is 12.9. The van der Waals surface area contributed by atoms with Crippen molar-refractivity contribution in [1.29, 1.82) is 0 Å². The van der Waals surface area contributed by atoms with Gasteiger partial charge in [0.05, 0.1) is 5.69 Å². The molecule has 5 nitrogen and oxygen atoms in total. The quantitative estimate of drug-likeness (QED) is 0.347. The molecule has 0 spiro atoms. The molecule has 0 aliphatic rings. The Morgan fingerprint density at radius 1 is 1.55 bits per heavy atom. The molecule has 22 heavy (non-hydrogen) atoms. The Kier molecular flexibility index (Phi) is 7.71. The molecule has 1 rings (SSSR count). The summed E-state index contributed by atoms with van der Waals surface area (Å²) in [5.41, 5.74) is 2.30. The molecule has 0 aliphatic heterocycles. The maximum absolute atomic E-state index is 4.52. The lowest BCUT2D eigenvalue weighted by atomic mass is 10.2. The van der Waals surface area contributed by atoms with Crippen LogP contribution in [-0.4, -0.2) is 47.8 Å². The van der Waals surface area contributed by atoms with Gasteiger partial charge in [-0.25, -0.2) is 0 Å². The lowest BCUT2D eigenvalue weighted by molar-refractivity contribution is 0.418. The Balaban J connectivity index is 2.42. The minimum Gasteiger partial charge on any atom is -0.356 e. The maximum atomic E-state index is 4.52. The van der Waals surface area contributed by atoms with Crippen molar-refractivity contribution in [2.24, 2.45) is 10.9 Å². The fourth-order valence-electron chi connectivity index (χ4n) is 2.45. The third kappa shape index (κ3) is 5.92. The highest BCUT2D eigenvalue weighted by Gasteiger charge is 2.10. The molecule has 1 N–H and O–H groups in total. The van der Waals surface area contributed by atoms with Crippen molar-refractivity contribution in [3.05, 3.63) is 30.1 Å². The summed E-state index contributed by atoms with van der Waals surface area (Å²) < 4.78 is 2.08. The lowest BCUT2D eigenvalue weighted by Crippen LogP contribution is -2.41.